The lowest BCUT2D eigenvalue weighted by atomic mass is 10.1. The maximum absolute atomic E-state index is 11.8. The van der Waals surface area contributed by atoms with E-state index in [2.05, 4.69) is 5.32 Å². The van der Waals surface area contributed by atoms with Crippen molar-refractivity contribution in [1.82, 2.24) is 5.32 Å². The van der Waals surface area contributed by atoms with Gasteiger partial charge in [-0.3, -0.25) is 4.79 Å². The van der Waals surface area contributed by atoms with Crippen molar-refractivity contribution >= 4 is 5.91 Å². The number of rotatable bonds is 6. The van der Waals surface area contributed by atoms with Gasteiger partial charge in [0.2, 0.25) is 0 Å². The normalized spacial score (nSPS) is 17.9. The molecule has 2 N–H and O–H groups in total. The van der Waals surface area contributed by atoms with Crippen molar-refractivity contribution < 1.29 is 14.6 Å². The Kier molecular flexibility index (Phi) is 3.87. The van der Waals surface area contributed by atoms with Gasteiger partial charge in [0.05, 0.1) is 6.61 Å². The maximum Gasteiger partial charge on any atom is 0.260 e. The fourth-order valence-corrected chi connectivity index (χ4v) is 1.74. The molecule has 0 saturated heterocycles. The third-order valence-electron chi connectivity index (χ3n) is 3.36. The van der Waals surface area contributed by atoms with Crippen LogP contribution < -0.4 is 10.1 Å². The standard InChI is InChI=1S/C14H19NO3/c1-11(18-12-5-3-2-4-6-12)13(17)15-9-14(10-16)7-8-14/h2-6,11,16H,7-10H2,1H3,(H,15,17). The molecule has 1 atom stereocenters. The van der Waals surface area contributed by atoms with Crippen LogP contribution in [0.2, 0.25) is 0 Å². The van der Waals surface area contributed by atoms with Crippen molar-refractivity contribution in [2.24, 2.45) is 5.41 Å². The fourth-order valence-electron chi connectivity index (χ4n) is 1.74. The minimum absolute atomic E-state index is 0.0673. The van der Waals surface area contributed by atoms with Gasteiger partial charge in [-0.25, -0.2) is 0 Å². The number of aliphatic hydroxyl groups excluding tert-OH is 1. The summed E-state index contributed by atoms with van der Waals surface area (Å²) in [7, 11) is 0. The average Bonchev–Trinajstić information content (AvgIpc) is 3.18. The molecule has 1 unspecified atom stereocenters. The molecule has 1 aromatic rings. The summed E-state index contributed by atoms with van der Waals surface area (Å²) in [5, 5.41) is 12.0. The Morgan fingerprint density at radius 1 is 1.44 bits per heavy atom. The molecule has 0 bridgehead atoms. The van der Waals surface area contributed by atoms with Crippen molar-refractivity contribution in [1.29, 1.82) is 0 Å². The summed E-state index contributed by atoms with van der Waals surface area (Å²) in [4.78, 5) is 11.8. The van der Waals surface area contributed by atoms with Gasteiger partial charge >= 0.3 is 0 Å². The van der Waals surface area contributed by atoms with E-state index in [4.69, 9.17) is 9.84 Å². The van der Waals surface area contributed by atoms with Crippen LogP contribution >= 0.6 is 0 Å². The van der Waals surface area contributed by atoms with E-state index in [0.717, 1.165) is 12.8 Å². The molecule has 0 heterocycles. The quantitative estimate of drug-likeness (QED) is 0.800. The van der Waals surface area contributed by atoms with Crippen molar-refractivity contribution in [2.75, 3.05) is 13.2 Å². The summed E-state index contributed by atoms with van der Waals surface area (Å²) in [6.07, 6.45) is 1.44. The lowest BCUT2D eigenvalue weighted by Gasteiger charge is -2.17. The van der Waals surface area contributed by atoms with Crippen LogP contribution in [0, 0.1) is 5.41 Å². The van der Waals surface area contributed by atoms with Gasteiger partial charge in [0, 0.05) is 12.0 Å². The zero-order valence-electron chi connectivity index (χ0n) is 10.6. The van der Waals surface area contributed by atoms with Gasteiger partial charge in [-0.15, -0.1) is 0 Å². The van der Waals surface area contributed by atoms with Gasteiger partial charge in [0.15, 0.2) is 6.10 Å². The number of benzene rings is 1. The van der Waals surface area contributed by atoms with Crippen LogP contribution in [0.25, 0.3) is 0 Å². The van der Waals surface area contributed by atoms with Gasteiger partial charge in [0.25, 0.3) is 5.91 Å². The number of ether oxygens (including phenoxy) is 1. The highest BCUT2D eigenvalue weighted by atomic mass is 16.5. The molecule has 1 fully saturated rings. The highest BCUT2D eigenvalue weighted by molar-refractivity contribution is 5.80. The number of hydrogen-bond acceptors (Lipinski definition) is 3. The third kappa shape index (κ3) is 3.23. The molecule has 1 aromatic carbocycles. The summed E-state index contributed by atoms with van der Waals surface area (Å²) in [6, 6.07) is 9.27. The number of carbonyl (C=O) groups excluding carboxylic acids is 1. The van der Waals surface area contributed by atoms with E-state index in [1.807, 2.05) is 30.3 Å². The van der Waals surface area contributed by atoms with Gasteiger partial charge in [-0.05, 0) is 31.9 Å². The monoisotopic (exact) mass is 249 g/mol. The second-order valence-electron chi connectivity index (χ2n) is 4.95. The van der Waals surface area contributed by atoms with Crippen LogP contribution in [-0.4, -0.2) is 30.3 Å². The topological polar surface area (TPSA) is 58.6 Å². The lowest BCUT2D eigenvalue weighted by Crippen LogP contribution is -2.40. The molecule has 18 heavy (non-hydrogen) atoms. The summed E-state index contributed by atoms with van der Waals surface area (Å²) >= 11 is 0. The molecule has 1 aliphatic carbocycles. The van der Waals surface area contributed by atoms with Gasteiger partial charge in [-0.1, -0.05) is 18.2 Å². The molecule has 0 aromatic heterocycles. The van der Waals surface area contributed by atoms with E-state index in [9.17, 15) is 4.79 Å². The Morgan fingerprint density at radius 2 is 2.11 bits per heavy atom. The first-order valence-electron chi connectivity index (χ1n) is 6.25. The minimum atomic E-state index is -0.526. The van der Waals surface area contributed by atoms with E-state index < -0.39 is 6.10 Å². The van der Waals surface area contributed by atoms with Crippen molar-refractivity contribution in [3.05, 3.63) is 30.3 Å². The number of nitrogens with one attached hydrogen (secondary N) is 1. The molecule has 1 amide bonds. The molecule has 0 radical (unpaired) electrons. The van der Waals surface area contributed by atoms with Gasteiger partial charge in [0.1, 0.15) is 5.75 Å². The van der Waals surface area contributed by atoms with Crippen LogP contribution in [0.5, 0.6) is 5.75 Å². The molecular weight excluding hydrogens is 230 g/mol. The second-order valence-corrected chi connectivity index (χ2v) is 4.95. The van der Waals surface area contributed by atoms with E-state index in [1.165, 1.54) is 0 Å². The predicted octanol–water partition coefficient (Wildman–Crippen LogP) is 1.34. The second kappa shape index (κ2) is 5.40. The predicted molar refractivity (Wildman–Crippen MR) is 68.3 cm³/mol. The number of aliphatic hydroxyl groups is 1. The highest BCUT2D eigenvalue weighted by Crippen LogP contribution is 2.44. The van der Waals surface area contributed by atoms with Crippen LogP contribution in [0.15, 0.2) is 30.3 Å². The summed E-state index contributed by atoms with van der Waals surface area (Å²) in [6.45, 7) is 2.40. The van der Waals surface area contributed by atoms with E-state index in [1.54, 1.807) is 6.92 Å². The first kappa shape index (κ1) is 12.9. The molecule has 0 aliphatic heterocycles. The van der Waals surface area contributed by atoms with Gasteiger partial charge < -0.3 is 15.2 Å². The lowest BCUT2D eigenvalue weighted by molar-refractivity contribution is -0.127. The number of hydrogen-bond donors (Lipinski definition) is 2. The van der Waals surface area contributed by atoms with Crippen molar-refractivity contribution in [2.45, 2.75) is 25.9 Å². The van der Waals surface area contributed by atoms with Crippen LogP contribution in [0.4, 0.5) is 0 Å². The van der Waals surface area contributed by atoms with E-state index in [-0.39, 0.29) is 17.9 Å². The number of para-hydroxylation sites is 1. The number of amides is 1. The largest absolute Gasteiger partial charge is 0.481 e. The molecule has 2 rings (SSSR count). The molecule has 4 nitrogen and oxygen atoms in total. The Balaban J connectivity index is 1.78. The Labute approximate surface area is 107 Å². The van der Waals surface area contributed by atoms with E-state index in [0.29, 0.717) is 12.3 Å². The smallest absolute Gasteiger partial charge is 0.260 e. The first-order valence-corrected chi connectivity index (χ1v) is 6.25. The van der Waals surface area contributed by atoms with Crippen molar-refractivity contribution in [3.8, 4) is 5.75 Å². The zero-order valence-corrected chi connectivity index (χ0v) is 10.6. The molecule has 1 aliphatic rings. The zero-order chi connectivity index (χ0) is 13.0. The number of carbonyl (C=O) groups is 1. The molecule has 1 saturated carbocycles. The molecule has 98 valence electrons. The third-order valence-corrected chi connectivity index (χ3v) is 3.36. The summed E-state index contributed by atoms with van der Waals surface area (Å²) < 4.78 is 5.52. The fraction of sp³-hybridized carbons (Fsp3) is 0.500. The average molecular weight is 249 g/mol. The molecule has 0 spiro atoms. The van der Waals surface area contributed by atoms with Crippen LogP contribution in [-0.2, 0) is 4.79 Å². The Hall–Kier alpha value is -1.55. The molecular formula is C14H19NO3. The Bertz CT molecular complexity index is 401. The first-order chi connectivity index (χ1) is 8.65. The Morgan fingerprint density at radius 3 is 2.67 bits per heavy atom. The SMILES string of the molecule is CC(Oc1ccccc1)C(=O)NCC1(CO)CC1. The summed E-state index contributed by atoms with van der Waals surface area (Å²) in [5.41, 5.74) is -0.0673. The van der Waals surface area contributed by atoms with E-state index >= 15 is 0 Å². The maximum atomic E-state index is 11.8. The van der Waals surface area contributed by atoms with Crippen LogP contribution in [0.1, 0.15) is 19.8 Å². The minimum Gasteiger partial charge on any atom is -0.481 e. The van der Waals surface area contributed by atoms with Crippen LogP contribution in [0.3, 0.4) is 0 Å². The highest BCUT2D eigenvalue weighted by Gasteiger charge is 2.42. The molecule has 4 heteroatoms. The summed E-state index contributed by atoms with van der Waals surface area (Å²) in [5.74, 6) is 0.544. The van der Waals surface area contributed by atoms with Crippen molar-refractivity contribution in [3.63, 3.8) is 0 Å². The van der Waals surface area contributed by atoms with Gasteiger partial charge in [-0.2, -0.15) is 0 Å².